The maximum atomic E-state index is 12.0. The molecule has 94 valence electrons. The first kappa shape index (κ1) is 12.5. The van der Waals surface area contributed by atoms with Gasteiger partial charge in [0.1, 0.15) is 4.83 Å². The van der Waals surface area contributed by atoms with E-state index in [1.54, 1.807) is 0 Å². The van der Waals surface area contributed by atoms with Crippen molar-refractivity contribution in [3.8, 4) is 0 Å². The lowest BCUT2D eigenvalue weighted by Crippen LogP contribution is -2.39. The summed E-state index contributed by atoms with van der Waals surface area (Å²) in [7, 11) is 1.28. The SMILES string of the molecule is COC(=O)C(Br)CN1C(=O)C2CCCC2C1=O. The van der Waals surface area contributed by atoms with Crippen LogP contribution in [0.25, 0.3) is 0 Å². The van der Waals surface area contributed by atoms with Gasteiger partial charge in [-0.1, -0.05) is 22.4 Å². The van der Waals surface area contributed by atoms with Crippen molar-refractivity contribution in [3.63, 3.8) is 0 Å². The van der Waals surface area contributed by atoms with Gasteiger partial charge in [-0.2, -0.15) is 0 Å². The van der Waals surface area contributed by atoms with Gasteiger partial charge in [0.2, 0.25) is 11.8 Å². The van der Waals surface area contributed by atoms with Crippen LogP contribution in [-0.2, 0) is 19.1 Å². The maximum absolute atomic E-state index is 12.0. The third-order valence-electron chi connectivity index (χ3n) is 3.48. The summed E-state index contributed by atoms with van der Waals surface area (Å²) in [5.41, 5.74) is 0. The van der Waals surface area contributed by atoms with Crippen LogP contribution >= 0.6 is 15.9 Å². The molecule has 6 heteroatoms. The smallest absolute Gasteiger partial charge is 0.321 e. The minimum atomic E-state index is -0.640. The van der Waals surface area contributed by atoms with Crippen molar-refractivity contribution in [1.82, 2.24) is 4.90 Å². The summed E-state index contributed by atoms with van der Waals surface area (Å²) < 4.78 is 4.55. The van der Waals surface area contributed by atoms with Gasteiger partial charge in [-0.25, -0.2) is 0 Å². The third-order valence-corrected chi connectivity index (χ3v) is 4.15. The van der Waals surface area contributed by atoms with E-state index < -0.39 is 10.8 Å². The predicted molar refractivity (Wildman–Crippen MR) is 62.3 cm³/mol. The Morgan fingerprint density at radius 3 is 2.41 bits per heavy atom. The van der Waals surface area contributed by atoms with Crippen LogP contribution in [0.4, 0.5) is 0 Å². The van der Waals surface area contributed by atoms with Crippen molar-refractivity contribution in [2.75, 3.05) is 13.7 Å². The zero-order valence-corrected chi connectivity index (χ0v) is 11.1. The molecule has 5 nitrogen and oxygen atoms in total. The van der Waals surface area contributed by atoms with Crippen LogP contribution in [0.3, 0.4) is 0 Å². The zero-order valence-electron chi connectivity index (χ0n) is 9.52. The molecule has 0 N–H and O–H groups in total. The minimum Gasteiger partial charge on any atom is -0.468 e. The lowest BCUT2D eigenvalue weighted by atomic mass is 10.00. The highest BCUT2D eigenvalue weighted by molar-refractivity contribution is 9.10. The van der Waals surface area contributed by atoms with E-state index in [0.29, 0.717) is 0 Å². The Hall–Kier alpha value is -0.910. The lowest BCUT2D eigenvalue weighted by Gasteiger charge is -2.18. The summed E-state index contributed by atoms with van der Waals surface area (Å²) in [6.45, 7) is 0.0668. The Morgan fingerprint density at radius 1 is 1.41 bits per heavy atom. The molecule has 0 aromatic heterocycles. The molecule has 0 spiro atoms. The Labute approximate surface area is 108 Å². The predicted octanol–water partition coefficient (Wildman–Crippen LogP) is 0.708. The third kappa shape index (κ3) is 2.10. The molecule has 0 bridgehead atoms. The summed E-state index contributed by atoms with van der Waals surface area (Å²) >= 11 is 3.13. The number of imide groups is 1. The van der Waals surface area contributed by atoms with Crippen molar-refractivity contribution < 1.29 is 19.1 Å². The van der Waals surface area contributed by atoms with Gasteiger partial charge in [-0.05, 0) is 12.8 Å². The molecule has 1 saturated carbocycles. The second-order valence-electron chi connectivity index (χ2n) is 4.42. The summed E-state index contributed by atoms with van der Waals surface area (Å²) in [4.78, 5) is 35.8. The summed E-state index contributed by atoms with van der Waals surface area (Å²) in [5.74, 6) is -1.04. The van der Waals surface area contributed by atoms with Crippen LogP contribution in [0.1, 0.15) is 19.3 Å². The Bertz CT molecular complexity index is 348. The standard InChI is InChI=1S/C11H14BrNO4/c1-17-11(16)8(12)5-13-9(14)6-3-2-4-7(6)10(13)15/h6-8H,2-5H2,1H3. The number of nitrogens with zero attached hydrogens (tertiary/aromatic N) is 1. The van der Waals surface area contributed by atoms with Gasteiger partial charge in [0.05, 0.1) is 25.5 Å². The fourth-order valence-electron chi connectivity index (χ4n) is 2.60. The molecule has 0 radical (unpaired) electrons. The number of halogens is 1. The van der Waals surface area contributed by atoms with E-state index in [1.807, 2.05) is 0 Å². The van der Waals surface area contributed by atoms with E-state index in [0.717, 1.165) is 19.3 Å². The Morgan fingerprint density at radius 2 is 1.94 bits per heavy atom. The number of likely N-dealkylation sites (tertiary alicyclic amines) is 1. The van der Waals surface area contributed by atoms with E-state index in [1.165, 1.54) is 12.0 Å². The molecule has 1 aliphatic carbocycles. The van der Waals surface area contributed by atoms with Crippen LogP contribution in [0.2, 0.25) is 0 Å². The summed E-state index contributed by atoms with van der Waals surface area (Å²) in [6, 6.07) is 0. The molecular formula is C11H14BrNO4. The molecule has 0 aromatic rings. The molecule has 3 unspecified atom stereocenters. The molecule has 3 atom stereocenters. The molecular weight excluding hydrogens is 290 g/mol. The van der Waals surface area contributed by atoms with Crippen molar-refractivity contribution in [3.05, 3.63) is 0 Å². The molecule has 2 aliphatic rings. The molecule has 2 rings (SSSR count). The highest BCUT2D eigenvalue weighted by atomic mass is 79.9. The van der Waals surface area contributed by atoms with Gasteiger partial charge in [-0.3, -0.25) is 19.3 Å². The number of hydrogen-bond donors (Lipinski definition) is 0. The number of methoxy groups -OCH3 is 1. The van der Waals surface area contributed by atoms with E-state index in [4.69, 9.17) is 0 Å². The topological polar surface area (TPSA) is 63.7 Å². The van der Waals surface area contributed by atoms with Crippen LogP contribution in [0.5, 0.6) is 0 Å². The average molecular weight is 304 g/mol. The van der Waals surface area contributed by atoms with Gasteiger partial charge < -0.3 is 4.74 Å². The highest BCUT2D eigenvalue weighted by Crippen LogP contribution is 2.39. The average Bonchev–Trinajstić information content (AvgIpc) is 2.88. The second kappa shape index (κ2) is 4.76. The number of rotatable bonds is 3. The van der Waals surface area contributed by atoms with Gasteiger partial charge in [0.15, 0.2) is 0 Å². The fraction of sp³-hybridized carbons (Fsp3) is 0.727. The number of carbonyl (C=O) groups excluding carboxylic acids is 3. The number of ether oxygens (including phenoxy) is 1. The van der Waals surface area contributed by atoms with Crippen molar-refractivity contribution in [2.45, 2.75) is 24.1 Å². The van der Waals surface area contributed by atoms with Crippen LogP contribution in [0, 0.1) is 11.8 Å². The van der Waals surface area contributed by atoms with E-state index in [-0.39, 0.29) is 30.2 Å². The Balaban J connectivity index is 2.05. The van der Waals surface area contributed by atoms with Gasteiger partial charge in [0.25, 0.3) is 0 Å². The fourth-order valence-corrected chi connectivity index (χ4v) is 3.08. The van der Waals surface area contributed by atoms with Crippen LogP contribution < -0.4 is 0 Å². The van der Waals surface area contributed by atoms with E-state index >= 15 is 0 Å². The first-order chi connectivity index (χ1) is 8.06. The molecule has 1 saturated heterocycles. The number of fused-ring (bicyclic) bond motifs is 1. The number of amides is 2. The van der Waals surface area contributed by atoms with E-state index in [9.17, 15) is 14.4 Å². The number of alkyl halides is 1. The van der Waals surface area contributed by atoms with Gasteiger partial charge >= 0.3 is 5.97 Å². The van der Waals surface area contributed by atoms with E-state index in [2.05, 4.69) is 20.7 Å². The first-order valence-corrected chi connectivity index (χ1v) is 6.55. The van der Waals surface area contributed by atoms with Crippen LogP contribution in [0.15, 0.2) is 0 Å². The number of hydrogen-bond acceptors (Lipinski definition) is 4. The lowest BCUT2D eigenvalue weighted by molar-refractivity contribution is -0.143. The van der Waals surface area contributed by atoms with Crippen molar-refractivity contribution >= 4 is 33.7 Å². The van der Waals surface area contributed by atoms with Crippen molar-refractivity contribution in [2.24, 2.45) is 11.8 Å². The second-order valence-corrected chi connectivity index (χ2v) is 5.53. The monoisotopic (exact) mass is 303 g/mol. The molecule has 0 aromatic carbocycles. The first-order valence-electron chi connectivity index (χ1n) is 5.63. The summed E-state index contributed by atoms with van der Waals surface area (Å²) in [5, 5.41) is 0. The Kier molecular flexibility index (Phi) is 3.51. The van der Waals surface area contributed by atoms with Gasteiger partial charge in [0, 0.05) is 0 Å². The van der Waals surface area contributed by atoms with Crippen molar-refractivity contribution in [1.29, 1.82) is 0 Å². The minimum absolute atomic E-state index is 0.0668. The summed E-state index contributed by atoms with van der Waals surface area (Å²) in [6.07, 6.45) is 2.52. The molecule has 17 heavy (non-hydrogen) atoms. The normalized spacial score (nSPS) is 29.4. The highest BCUT2D eigenvalue weighted by Gasteiger charge is 2.50. The molecule has 2 fully saturated rings. The van der Waals surface area contributed by atoms with Crippen LogP contribution in [-0.4, -0.2) is 41.2 Å². The zero-order chi connectivity index (χ0) is 12.6. The maximum Gasteiger partial charge on any atom is 0.321 e. The molecule has 2 amide bonds. The largest absolute Gasteiger partial charge is 0.468 e. The quantitative estimate of drug-likeness (QED) is 0.437. The number of carbonyl (C=O) groups is 3. The molecule has 1 heterocycles. The number of esters is 1. The molecule has 1 aliphatic heterocycles. The van der Waals surface area contributed by atoms with Gasteiger partial charge in [-0.15, -0.1) is 0 Å².